The molecule has 1 amide bonds. The smallest absolute Gasteiger partial charge is 0.251 e. The summed E-state index contributed by atoms with van der Waals surface area (Å²) in [4.78, 5) is 15.9. The number of hydrogen-bond acceptors (Lipinski definition) is 1. The lowest BCUT2D eigenvalue weighted by molar-refractivity contribution is 0.0933. The van der Waals surface area contributed by atoms with Crippen LogP contribution in [0.4, 0.5) is 0 Å². The molecule has 0 fully saturated rings. The Hall–Kier alpha value is -1.97. The van der Waals surface area contributed by atoms with Crippen molar-refractivity contribution in [2.45, 2.75) is 25.3 Å². The number of aromatic nitrogens is 1. The fourth-order valence-electron chi connectivity index (χ4n) is 3.42. The Balaban J connectivity index is 1.56. The molecule has 0 saturated carbocycles. The third-order valence-electron chi connectivity index (χ3n) is 4.57. The van der Waals surface area contributed by atoms with Gasteiger partial charge in [0.1, 0.15) is 0 Å². The van der Waals surface area contributed by atoms with Crippen molar-refractivity contribution >= 4 is 40.0 Å². The minimum absolute atomic E-state index is 0.0752. The van der Waals surface area contributed by atoms with Crippen molar-refractivity contribution in [3.05, 3.63) is 69.3 Å². The fraction of sp³-hybridized carbons (Fsp3) is 0.211. The van der Waals surface area contributed by atoms with Gasteiger partial charge in [-0.05, 0) is 55.2 Å². The van der Waals surface area contributed by atoms with Crippen molar-refractivity contribution < 1.29 is 4.79 Å². The van der Waals surface area contributed by atoms with Crippen molar-refractivity contribution in [2.75, 3.05) is 0 Å². The van der Waals surface area contributed by atoms with Crippen LogP contribution in [0, 0.1) is 0 Å². The van der Waals surface area contributed by atoms with E-state index < -0.39 is 0 Å². The van der Waals surface area contributed by atoms with Gasteiger partial charge < -0.3 is 10.3 Å². The van der Waals surface area contributed by atoms with Crippen LogP contribution in [0.25, 0.3) is 10.9 Å². The molecule has 2 aromatic carbocycles. The Morgan fingerprint density at radius 1 is 1.12 bits per heavy atom. The first-order chi connectivity index (χ1) is 11.6. The predicted molar refractivity (Wildman–Crippen MR) is 98.0 cm³/mol. The van der Waals surface area contributed by atoms with Crippen LogP contribution >= 0.6 is 23.2 Å². The number of aryl methyl sites for hydroxylation is 1. The molecule has 3 aromatic rings. The summed E-state index contributed by atoms with van der Waals surface area (Å²) in [6, 6.07) is 13.1. The number of nitrogens with one attached hydrogen (secondary N) is 2. The maximum Gasteiger partial charge on any atom is 0.251 e. The second kappa shape index (κ2) is 6.15. The summed E-state index contributed by atoms with van der Waals surface area (Å²) in [5, 5.41) is 5.62. The Bertz CT molecular complexity index is 932. The molecule has 1 aliphatic rings. The number of benzene rings is 2. The molecule has 5 heteroatoms. The van der Waals surface area contributed by atoms with Crippen LogP contribution in [0.5, 0.6) is 0 Å². The molecule has 0 bridgehead atoms. The van der Waals surface area contributed by atoms with Crippen molar-refractivity contribution in [3.8, 4) is 0 Å². The maximum absolute atomic E-state index is 12.4. The Morgan fingerprint density at radius 3 is 2.79 bits per heavy atom. The minimum Gasteiger partial charge on any atom is -0.358 e. The third kappa shape index (κ3) is 2.90. The van der Waals surface area contributed by atoms with E-state index >= 15 is 0 Å². The first-order valence-electron chi connectivity index (χ1n) is 7.95. The second-order valence-corrected chi connectivity index (χ2v) is 7.07. The van der Waals surface area contributed by atoms with Gasteiger partial charge in [-0.1, -0.05) is 35.3 Å². The highest BCUT2D eigenvalue weighted by Crippen LogP contribution is 2.30. The molecule has 24 heavy (non-hydrogen) atoms. The van der Waals surface area contributed by atoms with Gasteiger partial charge in [-0.2, -0.15) is 0 Å². The van der Waals surface area contributed by atoms with E-state index in [0.29, 0.717) is 10.6 Å². The molecule has 0 radical (unpaired) electrons. The zero-order valence-electron chi connectivity index (χ0n) is 12.9. The number of halogens is 2. The van der Waals surface area contributed by atoms with Crippen molar-refractivity contribution in [3.63, 3.8) is 0 Å². The van der Waals surface area contributed by atoms with E-state index in [-0.39, 0.29) is 11.9 Å². The average Bonchev–Trinajstić information content (AvgIpc) is 2.91. The van der Waals surface area contributed by atoms with E-state index in [0.717, 1.165) is 29.8 Å². The Kier molecular flexibility index (Phi) is 3.99. The lowest BCUT2D eigenvalue weighted by Gasteiger charge is -2.23. The molecule has 0 spiro atoms. The van der Waals surface area contributed by atoms with E-state index in [1.807, 2.05) is 18.2 Å². The molecule has 0 saturated heterocycles. The number of H-pyrrole nitrogens is 1. The molecule has 1 heterocycles. The van der Waals surface area contributed by atoms with Crippen LogP contribution in [0.3, 0.4) is 0 Å². The van der Waals surface area contributed by atoms with Gasteiger partial charge in [-0.25, -0.2) is 0 Å². The maximum atomic E-state index is 12.4. The highest BCUT2D eigenvalue weighted by atomic mass is 35.5. The van der Waals surface area contributed by atoms with E-state index in [2.05, 4.69) is 10.3 Å². The second-order valence-electron chi connectivity index (χ2n) is 6.20. The molecule has 1 aliphatic carbocycles. The van der Waals surface area contributed by atoms with E-state index in [4.69, 9.17) is 23.2 Å². The number of hydrogen-bond donors (Lipinski definition) is 2. The van der Waals surface area contributed by atoms with Gasteiger partial charge >= 0.3 is 0 Å². The molecular weight excluding hydrogens is 343 g/mol. The third-order valence-corrected chi connectivity index (χ3v) is 5.04. The molecular formula is C19H16Cl2N2O. The average molecular weight is 359 g/mol. The zero-order valence-corrected chi connectivity index (χ0v) is 14.4. The van der Waals surface area contributed by atoms with Gasteiger partial charge in [0, 0.05) is 38.2 Å². The van der Waals surface area contributed by atoms with Crippen LogP contribution in [0.2, 0.25) is 10.0 Å². The van der Waals surface area contributed by atoms with Crippen LogP contribution < -0.4 is 5.32 Å². The summed E-state index contributed by atoms with van der Waals surface area (Å²) in [5.74, 6) is -0.0752. The molecule has 2 N–H and O–H groups in total. The summed E-state index contributed by atoms with van der Waals surface area (Å²) >= 11 is 12.0. The summed E-state index contributed by atoms with van der Waals surface area (Å²) in [6.07, 6.45) is 2.66. The monoisotopic (exact) mass is 358 g/mol. The van der Waals surface area contributed by atoms with Crippen LogP contribution in [-0.2, 0) is 12.8 Å². The van der Waals surface area contributed by atoms with Gasteiger partial charge in [0.25, 0.3) is 5.91 Å². The highest BCUT2D eigenvalue weighted by Gasteiger charge is 2.24. The summed E-state index contributed by atoms with van der Waals surface area (Å²) in [7, 11) is 0. The van der Waals surface area contributed by atoms with Crippen LogP contribution in [0.15, 0.2) is 42.5 Å². The van der Waals surface area contributed by atoms with E-state index in [1.54, 1.807) is 24.3 Å². The number of carbonyl (C=O) groups excluding carboxylic acids is 1. The molecule has 0 aliphatic heterocycles. The molecule has 4 rings (SSSR count). The molecule has 1 atom stereocenters. The number of fused-ring (bicyclic) bond motifs is 3. The van der Waals surface area contributed by atoms with Crippen molar-refractivity contribution in [2.24, 2.45) is 0 Å². The normalized spacial score (nSPS) is 16.8. The SMILES string of the molecule is O=C(NC1CCc2[nH]c3cc(Cl)ccc3c2C1)c1cccc(Cl)c1. The Morgan fingerprint density at radius 2 is 1.96 bits per heavy atom. The lowest BCUT2D eigenvalue weighted by Crippen LogP contribution is -2.38. The largest absolute Gasteiger partial charge is 0.358 e. The fourth-order valence-corrected chi connectivity index (χ4v) is 3.78. The van der Waals surface area contributed by atoms with Gasteiger partial charge in [0.2, 0.25) is 0 Å². The number of rotatable bonds is 2. The van der Waals surface area contributed by atoms with Crippen LogP contribution in [0.1, 0.15) is 28.0 Å². The number of amides is 1. The topological polar surface area (TPSA) is 44.9 Å². The standard InChI is InChI=1S/C19H16Cl2N2O/c20-12-3-1-2-11(8-12)19(24)22-14-5-7-17-16(10-14)15-6-4-13(21)9-18(15)23-17/h1-4,6,8-9,14,23H,5,7,10H2,(H,22,24). The molecule has 1 unspecified atom stereocenters. The first kappa shape index (κ1) is 15.6. The van der Waals surface area contributed by atoms with Crippen molar-refractivity contribution in [1.29, 1.82) is 0 Å². The predicted octanol–water partition coefficient (Wildman–Crippen LogP) is 4.76. The first-order valence-corrected chi connectivity index (χ1v) is 8.71. The van der Waals surface area contributed by atoms with E-state index in [1.165, 1.54) is 16.6 Å². The van der Waals surface area contributed by atoms with Gasteiger partial charge in [-0.15, -0.1) is 0 Å². The van der Waals surface area contributed by atoms with Crippen molar-refractivity contribution in [1.82, 2.24) is 10.3 Å². The summed E-state index contributed by atoms with van der Waals surface area (Å²) < 4.78 is 0. The quantitative estimate of drug-likeness (QED) is 0.681. The summed E-state index contributed by atoms with van der Waals surface area (Å²) in [6.45, 7) is 0. The van der Waals surface area contributed by atoms with E-state index in [9.17, 15) is 4.79 Å². The van der Waals surface area contributed by atoms with Crippen LogP contribution in [-0.4, -0.2) is 16.9 Å². The van der Waals surface area contributed by atoms with Gasteiger partial charge in [0.15, 0.2) is 0 Å². The number of aromatic amines is 1. The highest BCUT2D eigenvalue weighted by molar-refractivity contribution is 6.31. The Labute approximate surface area is 150 Å². The summed E-state index contributed by atoms with van der Waals surface area (Å²) in [5.41, 5.74) is 4.19. The minimum atomic E-state index is -0.0752. The molecule has 1 aromatic heterocycles. The number of carbonyl (C=O) groups is 1. The zero-order chi connectivity index (χ0) is 16.7. The van der Waals surface area contributed by atoms with Gasteiger partial charge in [-0.3, -0.25) is 4.79 Å². The molecule has 122 valence electrons. The van der Waals surface area contributed by atoms with Gasteiger partial charge in [0.05, 0.1) is 0 Å². The lowest BCUT2D eigenvalue weighted by atomic mass is 9.91. The molecule has 3 nitrogen and oxygen atoms in total.